The van der Waals surface area contributed by atoms with Crippen LogP contribution in [0.1, 0.15) is 18.7 Å². The van der Waals surface area contributed by atoms with Crippen LogP contribution in [0.25, 0.3) is 0 Å². The molecule has 0 aliphatic carbocycles. The highest BCUT2D eigenvalue weighted by atomic mass is 16.2. The number of nitrogens with zero attached hydrogens (tertiary/aromatic N) is 3. The normalized spacial score (nSPS) is 9.75. The summed E-state index contributed by atoms with van der Waals surface area (Å²) < 4.78 is 0. The summed E-state index contributed by atoms with van der Waals surface area (Å²) in [6, 6.07) is 0. The van der Waals surface area contributed by atoms with E-state index in [1.165, 1.54) is 0 Å². The van der Waals surface area contributed by atoms with Crippen LogP contribution in [0.3, 0.4) is 0 Å². The Morgan fingerprint density at radius 2 is 2.50 bits per heavy atom. The molecule has 0 spiro atoms. The van der Waals surface area contributed by atoms with E-state index in [1.807, 2.05) is 5.43 Å². The second-order valence-electron chi connectivity index (χ2n) is 2.25. The average Bonchev–Trinajstić information content (AvgIpc) is 2.57. The highest BCUT2D eigenvalue weighted by molar-refractivity contribution is 5.75. The molecule has 7 nitrogen and oxygen atoms in total. The van der Waals surface area contributed by atoms with Crippen LogP contribution in [0.2, 0.25) is 0 Å². The number of hydrazine groups is 1. The summed E-state index contributed by atoms with van der Waals surface area (Å²) in [6.45, 7) is 0. The van der Waals surface area contributed by atoms with Gasteiger partial charge in [0.2, 0.25) is 5.91 Å². The first-order chi connectivity index (χ1) is 5.83. The van der Waals surface area contributed by atoms with E-state index >= 15 is 0 Å². The Labute approximate surface area is 68.7 Å². The second-order valence-corrected chi connectivity index (χ2v) is 2.25. The zero-order valence-corrected chi connectivity index (χ0v) is 6.45. The molecule has 0 atom stereocenters. The number of H-pyrrole nitrogens is 1. The Hall–Kier alpha value is -1.50. The summed E-state index contributed by atoms with van der Waals surface area (Å²) in [4.78, 5) is 10.6. The van der Waals surface area contributed by atoms with Crippen LogP contribution in [0, 0.1) is 0 Å². The Morgan fingerprint density at radius 3 is 3.08 bits per heavy atom. The summed E-state index contributed by atoms with van der Waals surface area (Å²) >= 11 is 0. The van der Waals surface area contributed by atoms with Gasteiger partial charge in [-0.2, -0.15) is 5.21 Å². The first-order valence-electron chi connectivity index (χ1n) is 3.54. The first kappa shape index (κ1) is 8.60. The fourth-order valence-corrected chi connectivity index (χ4v) is 0.768. The van der Waals surface area contributed by atoms with Gasteiger partial charge < -0.3 is 0 Å². The maximum absolute atomic E-state index is 10.6. The molecule has 0 aliphatic rings. The third kappa shape index (κ3) is 2.62. The highest BCUT2D eigenvalue weighted by Gasteiger charge is 2.01. The molecule has 12 heavy (non-hydrogen) atoms. The van der Waals surface area contributed by atoms with Crippen molar-refractivity contribution in [2.75, 3.05) is 0 Å². The van der Waals surface area contributed by atoms with Crippen molar-refractivity contribution in [3.63, 3.8) is 0 Å². The number of aromatic amines is 1. The molecule has 66 valence electrons. The van der Waals surface area contributed by atoms with E-state index in [0.29, 0.717) is 25.1 Å². The van der Waals surface area contributed by atoms with E-state index in [4.69, 9.17) is 5.84 Å². The summed E-state index contributed by atoms with van der Waals surface area (Å²) in [5.74, 6) is 5.31. The monoisotopic (exact) mass is 170 g/mol. The van der Waals surface area contributed by atoms with E-state index in [0.717, 1.165) is 0 Å². The minimum absolute atomic E-state index is 0.182. The van der Waals surface area contributed by atoms with Gasteiger partial charge >= 0.3 is 0 Å². The van der Waals surface area contributed by atoms with Crippen LogP contribution in [0.4, 0.5) is 0 Å². The number of amides is 1. The Balaban J connectivity index is 2.15. The molecular weight excluding hydrogens is 160 g/mol. The van der Waals surface area contributed by atoms with E-state index < -0.39 is 0 Å². The van der Waals surface area contributed by atoms with Crippen molar-refractivity contribution >= 4 is 5.91 Å². The summed E-state index contributed by atoms with van der Waals surface area (Å²) in [5.41, 5.74) is 2.04. The van der Waals surface area contributed by atoms with E-state index in [-0.39, 0.29) is 5.91 Å². The molecule has 1 rings (SSSR count). The van der Waals surface area contributed by atoms with Crippen molar-refractivity contribution in [1.29, 1.82) is 0 Å². The van der Waals surface area contributed by atoms with Crippen LogP contribution in [-0.4, -0.2) is 26.5 Å². The van der Waals surface area contributed by atoms with Crippen LogP contribution < -0.4 is 11.3 Å². The zero-order chi connectivity index (χ0) is 8.81. The molecule has 0 saturated carbocycles. The molecule has 0 saturated heterocycles. The summed E-state index contributed by atoms with van der Waals surface area (Å²) in [7, 11) is 0. The molecular formula is C5H10N6O. The van der Waals surface area contributed by atoms with Gasteiger partial charge in [0.1, 0.15) is 0 Å². The van der Waals surface area contributed by atoms with Gasteiger partial charge in [0.25, 0.3) is 0 Å². The fraction of sp³-hybridized carbons (Fsp3) is 0.600. The van der Waals surface area contributed by atoms with Crippen LogP contribution in [-0.2, 0) is 11.2 Å². The van der Waals surface area contributed by atoms with Crippen LogP contribution in [0.5, 0.6) is 0 Å². The second kappa shape index (κ2) is 4.39. The third-order valence-electron chi connectivity index (χ3n) is 1.35. The number of nitrogens with two attached hydrogens (primary N) is 1. The number of rotatable bonds is 4. The minimum Gasteiger partial charge on any atom is -0.294 e. The van der Waals surface area contributed by atoms with Gasteiger partial charge in [0.15, 0.2) is 5.82 Å². The molecule has 1 amide bonds. The van der Waals surface area contributed by atoms with Crippen LogP contribution >= 0.6 is 0 Å². The molecule has 1 heterocycles. The maximum atomic E-state index is 10.6. The van der Waals surface area contributed by atoms with Crippen molar-refractivity contribution in [1.82, 2.24) is 26.0 Å². The lowest BCUT2D eigenvalue weighted by atomic mass is 10.2. The number of carbonyl (C=O) groups excluding carboxylic acids is 1. The SMILES string of the molecule is NNC(=O)CCCc1nn[nH]n1. The van der Waals surface area contributed by atoms with Crippen LogP contribution in [0.15, 0.2) is 0 Å². The molecule has 0 fully saturated rings. The number of aromatic nitrogens is 4. The average molecular weight is 170 g/mol. The number of hydrogen-bond acceptors (Lipinski definition) is 5. The van der Waals surface area contributed by atoms with Gasteiger partial charge in [0.05, 0.1) is 0 Å². The molecule has 0 bridgehead atoms. The largest absolute Gasteiger partial charge is 0.294 e. The molecule has 0 aliphatic heterocycles. The van der Waals surface area contributed by atoms with Crippen molar-refractivity contribution in [2.24, 2.45) is 5.84 Å². The predicted octanol–water partition coefficient (Wildman–Crippen LogP) is -1.49. The first-order valence-corrected chi connectivity index (χ1v) is 3.54. The number of hydrogen-bond donors (Lipinski definition) is 3. The molecule has 4 N–H and O–H groups in total. The molecule has 1 aromatic heterocycles. The molecule has 0 unspecified atom stereocenters. The van der Waals surface area contributed by atoms with Crippen molar-refractivity contribution < 1.29 is 4.79 Å². The van der Waals surface area contributed by atoms with Crippen molar-refractivity contribution in [3.05, 3.63) is 5.82 Å². The molecule has 0 aromatic carbocycles. The zero-order valence-electron chi connectivity index (χ0n) is 6.45. The predicted molar refractivity (Wildman–Crippen MR) is 39.4 cm³/mol. The molecule has 0 radical (unpaired) electrons. The van der Waals surface area contributed by atoms with Gasteiger partial charge in [-0.3, -0.25) is 10.2 Å². The Morgan fingerprint density at radius 1 is 1.67 bits per heavy atom. The lowest BCUT2D eigenvalue weighted by molar-refractivity contribution is -0.121. The molecule has 1 aromatic rings. The van der Waals surface area contributed by atoms with E-state index in [1.54, 1.807) is 0 Å². The van der Waals surface area contributed by atoms with Gasteiger partial charge in [-0.15, -0.1) is 10.2 Å². The Kier molecular flexibility index (Phi) is 3.15. The van der Waals surface area contributed by atoms with E-state index in [2.05, 4.69) is 20.6 Å². The van der Waals surface area contributed by atoms with Crippen molar-refractivity contribution in [2.45, 2.75) is 19.3 Å². The van der Waals surface area contributed by atoms with Gasteiger partial charge in [-0.25, -0.2) is 5.84 Å². The summed E-state index contributed by atoms with van der Waals surface area (Å²) in [6.07, 6.45) is 1.68. The minimum atomic E-state index is -0.182. The van der Waals surface area contributed by atoms with Gasteiger partial charge in [-0.1, -0.05) is 5.21 Å². The maximum Gasteiger partial charge on any atom is 0.233 e. The fourth-order valence-electron chi connectivity index (χ4n) is 0.768. The molecule has 7 heteroatoms. The summed E-state index contributed by atoms with van der Waals surface area (Å²) in [5, 5.41) is 13.2. The van der Waals surface area contributed by atoms with Crippen molar-refractivity contribution in [3.8, 4) is 0 Å². The highest BCUT2D eigenvalue weighted by Crippen LogP contribution is 1.95. The number of aryl methyl sites for hydroxylation is 1. The number of nitrogens with one attached hydrogen (secondary N) is 2. The standard InChI is InChI=1S/C5H10N6O/c6-7-5(12)3-1-2-4-8-10-11-9-4/h1-3,6H2,(H,7,12)(H,8,9,10,11). The number of carbonyl (C=O) groups is 1. The topological polar surface area (TPSA) is 110 Å². The number of tetrazole rings is 1. The quantitative estimate of drug-likeness (QED) is 0.290. The lowest BCUT2D eigenvalue weighted by Crippen LogP contribution is -2.29. The Bertz CT molecular complexity index is 232. The van der Waals surface area contributed by atoms with Gasteiger partial charge in [0, 0.05) is 12.8 Å². The van der Waals surface area contributed by atoms with Gasteiger partial charge in [-0.05, 0) is 6.42 Å². The lowest BCUT2D eigenvalue weighted by Gasteiger charge is -1.95. The van der Waals surface area contributed by atoms with E-state index in [9.17, 15) is 4.79 Å². The third-order valence-corrected chi connectivity index (χ3v) is 1.35. The smallest absolute Gasteiger partial charge is 0.233 e.